The molecule has 0 saturated carbocycles. The molecule has 1 aromatic heterocycles. The Bertz CT molecular complexity index is 436. The number of carbonyl (C=O) groups excluding carboxylic acids is 1. The highest BCUT2D eigenvalue weighted by molar-refractivity contribution is 5.94. The van der Waals surface area contributed by atoms with Crippen molar-refractivity contribution in [3.8, 4) is 0 Å². The quantitative estimate of drug-likeness (QED) is 0.802. The summed E-state index contributed by atoms with van der Waals surface area (Å²) in [5.74, 6) is -3.25. The van der Waals surface area contributed by atoms with Crippen LogP contribution in [0.2, 0.25) is 0 Å². The second kappa shape index (κ2) is 5.83. The summed E-state index contributed by atoms with van der Waals surface area (Å²) >= 11 is 0. The van der Waals surface area contributed by atoms with Gasteiger partial charge < -0.3 is 14.8 Å². The molecule has 7 heteroatoms. The first-order chi connectivity index (χ1) is 8.68. The van der Waals surface area contributed by atoms with Gasteiger partial charge in [0.2, 0.25) is 5.95 Å². The van der Waals surface area contributed by atoms with Crippen LogP contribution < -0.4 is 5.32 Å². The summed E-state index contributed by atoms with van der Waals surface area (Å²) in [4.78, 5) is 14.7. The molecule has 1 fully saturated rings. The smallest absolute Gasteiger partial charge is 0.254 e. The molecule has 18 heavy (non-hydrogen) atoms. The minimum Gasteiger partial charge on any atom is -0.376 e. The van der Waals surface area contributed by atoms with E-state index < -0.39 is 17.7 Å². The summed E-state index contributed by atoms with van der Waals surface area (Å²) in [5.41, 5.74) is -0.376. The first-order valence-electron chi connectivity index (χ1n) is 5.46. The van der Waals surface area contributed by atoms with E-state index in [-0.39, 0.29) is 18.2 Å². The van der Waals surface area contributed by atoms with Gasteiger partial charge >= 0.3 is 0 Å². The Labute approximate surface area is 102 Å². The Balaban J connectivity index is 1.93. The largest absolute Gasteiger partial charge is 0.376 e. The zero-order valence-corrected chi connectivity index (χ0v) is 9.49. The highest BCUT2D eigenvalue weighted by atomic mass is 19.2. The van der Waals surface area contributed by atoms with Crippen molar-refractivity contribution in [1.29, 1.82) is 0 Å². The number of ether oxygens (including phenoxy) is 2. The zero-order chi connectivity index (χ0) is 13.0. The third-order valence-corrected chi connectivity index (χ3v) is 2.47. The molecule has 2 rings (SSSR count). The van der Waals surface area contributed by atoms with Gasteiger partial charge in [0.15, 0.2) is 5.82 Å². The lowest BCUT2D eigenvalue weighted by Crippen LogP contribution is -2.40. The van der Waals surface area contributed by atoms with Gasteiger partial charge in [0.05, 0.1) is 31.5 Å². The lowest BCUT2D eigenvalue weighted by atomic mass is 10.2. The summed E-state index contributed by atoms with van der Waals surface area (Å²) in [6.45, 7) is 1.53. The fourth-order valence-electron chi connectivity index (χ4n) is 1.55. The van der Waals surface area contributed by atoms with Crippen LogP contribution in [0.15, 0.2) is 12.3 Å². The van der Waals surface area contributed by atoms with Crippen molar-refractivity contribution in [2.75, 3.05) is 26.4 Å². The average molecular weight is 258 g/mol. The standard InChI is InChI=1S/C11H12F2N2O3/c12-9-8(1-2-14-10(9)13)11(16)15-5-7-6-17-3-4-18-7/h1-2,7H,3-6H2,(H,15,16). The van der Waals surface area contributed by atoms with Gasteiger partial charge in [-0.1, -0.05) is 0 Å². The van der Waals surface area contributed by atoms with Gasteiger partial charge in [-0.15, -0.1) is 0 Å². The molecule has 1 saturated heterocycles. The second-order valence-corrected chi connectivity index (χ2v) is 3.74. The molecule has 98 valence electrons. The maximum Gasteiger partial charge on any atom is 0.254 e. The van der Waals surface area contributed by atoms with Crippen LogP contribution in [0.5, 0.6) is 0 Å². The molecule has 1 aliphatic rings. The topological polar surface area (TPSA) is 60.5 Å². The number of pyridine rings is 1. The predicted molar refractivity (Wildman–Crippen MR) is 57.0 cm³/mol. The highest BCUT2D eigenvalue weighted by Gasteiger charge is 2.19. The van der Waals surface area contributed by atoms with E-state index >= 15 is 0 Å². The SMILES string of the molecule is O=C(NCC1COCCO1)c1ccnc(F)c1F. The van der Waals surface area contributed by atoms with Crippen LogP contribution in [0, 0.1) is 11.8 Å². The van der Waals surface area contributed by atoms with Gasteiger partial charge in [-0.3, -0.25) is 4.79 Å². The number of nitrogens with one attached hydrogen (secondary N) is 1. The molecule has 1 N–H and O–H groups in total. The van der Waals surface area contributed by atoms with Crippen LogP contribution in [0.25, 0.3) is 0 Å². The molecule has 0 spiro atoms. The third kappa shape index (κ3) is 2.99. The molecule has 1 unspecified atom stereocenters. The molecule has 1 aliphatic heterocycles. The normalized spacial score (nSPS) is 19.6. The highest BCUT2D eigenvalue weighted by Crippen LogP contribution is 2.08. The molecule has 1 aromatic rings. The summed E-state index contributed by atoms with van der Waals surface area (Å²) in [6.07, 6.45) is 0.769. The molecular formula is C11H12F2N2O3. The minimum absolute atomic E-state index is 0.183. The molecule has 0 aromatic carbocycles. The van der Waals surface area contributed by atoms with E-state index in [9.17, 15) is 13.6 Å². The maximum absolute atomic E-state index is 13.3. The van der Waals surface area contributed by atoms with Crippen molar-refractivity contribution in [2.45, 2.75) is 6.10 Å². The molecule has 0 radical (unpaired) electrons. The van der Waals surface area contributed by atoms with Crippen molar-refractivity contribution in [3.63, 3.8) is 0 Å². The van der Waals surface area contributed by atoms with E-state index in [2.05, 4.69) is 10.3 Å². The summed E-state index contributed by atoms with van der Waals surface area (Å²) in [5, 5.41) is 2.46. The lowest BCUT2D eigenvalue weighted by Gasteiger charge is -2.23. The monoisotopic (exact) mass is 258 g/mol. The van der Waals surface area contributed by atoms with Crippen molar-refractivity contribution < 1.29 is 23.0 Å². The van der Waals surface area contributed by atoms with Gasteiger partial charge in [-0.05, 0) is 6.07 Å². The van der Waals surface area contributed by atoms with Crippen LogP contribution in [0.3, 0.4) is 0 Å². The minimum atomic E-state index is -1.29. The summed E-state index contributed by atoms with van der Waals surface area (Å²) < 4.78 is 36.5. The first kappa shape index (κ1) is 12.8. The number of aromatic nitrogens is 1. The van der Waals surface area contributed by atoms with E-state index in [1.807, 2.05) is 0 Å². The zero-order valence-electron chi connectivity index (χ0n) is 9.49. The Kier molecular flexibility index (Phi) is 4.16. The Morgan fingerprint density at radius 2 is 2.33 bits per heavy atom. The summed E-state index contributed by atoms with van der Waals surface area (Å²) in [7, 11) is 0. The lowest BCUT2D eigenvalue weighted by molar-refractivity contribution is -0.0855. The number of rotatable bonds is 3. The number of halogens is 2. The van der Waals surface area contributed by atoms with Crippen molar-refractivity contribution in [3.05, 3.63) is 29.6 Å². The summed E-state index contributed by atoms with van der Waals surface area (Å²) in [6, 6.07) is 1.12. The van der Waals surface area contributed by atoms with Crippen molar-refractivity contribution in [1.82, 2.24) is 10.3 Å². The number of amides is 1. The first-order valence-corrected chi connectivity index (χ1v) is 5.46. The number of hydrogen-bond donors (Lipinski definition) is 1. The third-order valence-electron chi connectivity index (χ3n) is 2.47. The van der Waals surface area contributed by atoms with E-state index in [0.29, 0.717) is 19.8 Å². The van der Waals surface area contributed by atoms with Crippen LogP contribution in [0.1, 0.15) is 10.4 Å². The van der Waals surface area contributed by atoms with Gasteiger partial charge in [0.1, 0.15) is 0 Å². The van der Waals surface area contributed by atoms with Crippen LogP contribution in [-0.4, -0.2) is 43.4 Å². The molecule has 1 atom stereocenters. The Hall–Kier alpha value is -1.60. The van der Waals surface area contributed by atoms with Gasteiger partial charge in [-0.2, -0.15) is 4.39 Å². The second-order valence-electron chi connectivity index (χ2n) is 3.74. The molecule has 5 nitrogen and oxygen atoms in total. The van der Waals surface area contributed by atoms with Gasteiger partial charge in [0, 0.05) is 12.7 Å². The Morgan fingerprint density at radius 3 is 3.06 bits per heavy atom. The van der Waals surface area contributed by atoms with E-state index in [4.69, 9.17) is 9.47 Å². The van der Waals surface area contributed by atoms with E-state index in [1.54, 1.807) is 0 Å². The van der Waals surface area contributed by atoms with Gasteiger partial charge in [-0.25, -0.2) is 9.37 Å². The number of nitrogens with zero attached hydrogens (tertiary/aromatic N) is 1. The van der Waals surface area contributed by atoms with Crippen molar-refractivity contribution in [2.24, 2.45) is 0 Å². The number of hydrogen-bond acceptors (Lipinski definition) is 4. The molecular weight excluding hydrogens is 246 g/mol. The van der Waals surface area contributed by atoms with Crippen molar-refractivity contribution >= 4 is 5.91 Å². The van der Waals surface area contributed by atoms with E-state index in [0.717, 1.165) is 12.3 Å². The molecule has 0 aliphatic carbocycles. The predicted octanol–water partition coefficient (Wildman–Crippen LogP) is 0.505. The number of carbonyl (C=O) groups is 1. The van der Waals surface area contributed by atoms with Gasteiger partial charge in [0.25, 0.3) is 5.91 Å². The van der Waals surface area contributed by atoms with Crippen LogP contribution in [0.4, 0.5) is 8.78 Å². The average Bonchev–Trinajstić information content (AvgIpc) is 2.40. The molecule has 2 heterocycles. The van der Waals surface area contributed by atoms with E-state index in [1.165, 1.54) is 0 Å². The molecule has 1 amide bonds. The maximum atomic E-state index is 13.3. The fraction of sp³-hybridized carbons (Fsp3) is 0.455. The van der Waals surface area contributed by atoms with Crippen LogP contribution >= 0.6 is 0 Å². The Morgan fingerprint density at radius 1 is 1.50 bits per heavy atom. The fourth-order valence-corrected chi connectivity index (χ4v) is 1.55. The molecule has 0 bridgehead atoms. The van der Waals surface area contributed by atoms with Crippen LogP contribution in [-0.2, 0) is 9.47 Å².